The Balaban J connectivity index is 2.74. The molecule has 1 aromatic carbocycles. The van der Waals surface area contributed by atoms with Gasteiger partial charge < -0.3 is 10.0 Å². The predicted molar refractivity (Wildman–Crippen MR) is 84.8 cm³/mol. The van der Waals surface area contributed by atoms with Gasteiger partial charge in [-0.2, -0.15) is 0 Å². The summed E-state index contributed by atoms with van der Waals surface area (Å²) in [5.41, 5.74) is 2.07. The van der Waals surface area contributed by atoms with Crippen LogP contribution in [0.2, 0.25) is 5.02 Å². The van der Waals surface area contributed by atoms with E-state index in [0.29, 0.717) is 6.54 Å². The van der Waals surface area contributed by atoms with E-state index in [4.69, 9.17) is 16.7 Å². The van der Waals surface area contributed by atoms with Gasteiger partial charge in [0.15, 0.2) is 0 Å². The van der Waals surface area contributed by atoms with E-state index >= 15 is 0 Å². The molecule has 0 aromatic heterocycles. The molecule has 0 aliphatic heterocycles. The Morgan fingerprint density at radius 1 is 1.25 bits per heavy atom. The van der Waals surface area contributed by atoms with E-state index in [1.807, 2.05) is 25.1 Å². The standard InChI is InChI=1S/C16H24ClNO2/c1-3-4-5-6-11-18(12-10-16(19)20)15-9-7-8-14(17)13(15)2/h7-9H,3-6,10-12H2,1-2H3,(H,19,20). The first-order valence-corrected chi connectivity index (χ1v) is 7.66. The third kappa shape index (κ3) is 5.41. The normalized spacial score (nSPS) is 10.6. The summed E-state index contributed by atoms with van der Waals surface area (Å²) < 4.78 is 0. The van der Waals surface area contributed by atoms with Crippen LogP contribution in [0.3, 0.4) is 0 Å². The lowest BCUT2D eigenvalue weighted by molar-refractivity contribution is -0.136. The van der Waals surface area contributed by atoms with Gasteiger partial charge >= 0.3 is 5.97 Å². The Kier molecular flexibility index (Phi) is 7.45. The van der Waals surface area contributed by atoms with Gasteiger partial charge in [0.25, 0.3) is 0 Å². The predicted octanol–water partition coefficient (Wildman–Crippen LogP) is 4.51. The number of anilines is 1. The van der Waals surface area contributed by atoms with Crippen molar-refractivity contribution in [3.8, 4) is 0 Å². The van der Waals surface area contributed by atoms with E-state index < -0.39 is 5.97 Å². The molecule has 0 aliphatic rings. The lowest BCUT2D eigenvalue weighted by Crippen LogP contribution is -2.28. The van der Waals surface area contributed by atoms with Crippen LogP contribution in [0.5, 0.6) is 0 Å². The second kappa shape index (κ2) is 8.85. The molecule has 0 unspecified atom stereocenters. The number of carboxylic acid groups (broad SMARTS) is 1. The van der Waals surface area contributed by atoms with E-state index in [1.165, 1.54) is 19.3 Å². The Morgan fingerprint density at radius 3 is 2.65 bits per heavy atom. The third-order valence-electron chi connectivity index (χ3n) is 3.46. The summed E-state index contributed by atoms with van der Waals surface area (Å²) in [6.07, 6.45) is 4.84. The topological polar surface area (TPSA) is 40.5 Å². The van der Waals surface area contributed by atoms with Gasteiger partial charge in [-0.05, 0) is 31.0 Å². The molecule has 112 valence electrons. The Hall–Kier alpha value is -1.22. The minimum absolute atomic E-state index is 0.153. The number of carboxylic acids is 1. The lowest BCUT2D eigenvalue weighted by Gasteiger charge is -2.26. The van der Waals surface area contributed by atoms with Gasteiger partial charge in [0.05, 0.1) is 6.42 Å². The van der Waals surface area contributed by atoms with E-state index in [1.54, 1.807) is 0 Å². The van der Waals surface area contributed by atoms with Gasteiger partial charge in [-0.15, -0.1) is 0 Å². The van der Waals surface area contributed by atoms with Crippen molar-refractivity contribution < 1.29 is 9.90 Å². The van der Waals surface area contributed by atoms with Crippen LogP contribution in [0.15, 0.2) is 18.2 Å². The molecule has 1 rings (SSSR count). The molecule has 0 fully saturated rings. The van der Waals surface area contributed by atoms with Crippen LogP contribution in [-0.2, 0) is 4.79 Å². The maximum Gasteiger partial charge on any atom is 0.305 e. The first kappa shape index (κ1) is 16.8. The second-order valence-corrected chi connectivity index (χ2v) is 5.48. The summed E-state index contributed by atoms with van der Waals surface area (Å²) in [7, 11) is 0. The maximum atomic E-state index is 10.8. The highest BCUT2D eigenvalue weighted by atomic mass is 35.5. The fourth-order valence-electron chi connectivity index (χ4n) is 2.25. The zero-order valence-corrected chi connectivity index (χ0v) is 13.1. The largest absolute Gasteiger partial charge is 0.481 e. The van der Waals surface area contributed by atoms with Crippen LogP contribution in [-0.4, -0.2) is 24.2 Å². The number of hydrogen-bond acceptors (Lipinski definition) is 2. The molecule has 0 saturated carbocycles. The van der Waals surface area contributed by atoms with Crippen molar-refractivity contribution in [3.63, 3.8) is 0 Å². The number of unbranched alkanes of at least 4 members (excludes halogenated alkanes) is 3. The van der Waals surface area contributed by atoms with Gasteiger partial charge in [-0.3, -0.25) is 4.79 Å². The number of carbonyl (C=O) groups is 1. The first-order chi connectivity index (χ1) is 9.56. The van der Waals surface area contributed by atoms with E-state index in [9.17, 15) is 4.79 Å². The Morgan fingerprint density at radius 2 is 2.00 bits per heavy atom. The molecule has 20 heavy (non-hydrogen) atoms. The molecule has 0 atom stereocenters. The average molecular weight is 298 g/mol. The van der Waals surface area contributed by atoms with Crippen molar-refractivity contribution in [2.24, 2.45) is 0 Å². The molecule has 0 amide bonds. The van der Waals surface area contributed by atoms with Gasteiger partial charge in [0.2, 0.25) is 0 Å². The quantitative estimate of drug-likeness (QED) is 0.682. The summed E-state index contributed by atoms with van der Waals surface area (Å²) in [5.74, 6) is -0.761. The summed E-state index contributed by atoms with van der Waals surface area (Å²) in [4.78, 5) is 13.0. The van der Waals surface area contributed by atoms with E-state index in [0.717, 1.165) is 29.2 Å². The van der Waals surface area contributed by atoms with Crippen molar-refractivity contribution in [2.75, 3.05) is 18.0 Å². The van der Waals surface area contributed by atoms with Crippen molar-refractivity contribution in [2.45, 2.75) is 46.0 Å². The van der Waals surface area contributed by atoms with Crippen molar-refractivity contribution >= 4 is 23.3 Å². The number of halogens is 1. The molecule has 0 spiro atoms. The highest BCUT2D eigenvalue weighted by Crippen LogP contribution is 2.27. The number of aliphatic carboxylic acids is 1. The fourth-order valence-corrected chi connectivity index (χ4v) is 2.42. The molecule has 1 aromatic rings. The summed E-state index contributed by atoms with van der Waals surface area (Å²) in [5, 5.41) is 9.62. The van der Waals surface area contributed by atoms with Gasteiger partial charge in [0.1, 0.15) is 0 Å². The Bertz CT molecular complexity index is 434. The van der Waals surface area contributed by atoms with Gasteiger partial charge in [-0.1, -0.05) is 43.9 Å². The highest BCUT2D eigenvalue weighted by Gasteiger charge is 2.12. The smallest absolute Gasteiger partial charge is 0.305 e. The average Bonchev–Trinajstić information content (AvgIpc) is 2.41. The van der Waals surface area contributed by atoms with Crippen molar-refractivity contribution in [1.82, 2.24) is 0 Å². The minimum Gasteiger partial charge on any atom is -0.481 e. The number of benzene rings is 1. The molecular weight excluding hydrogens is 274 g/mol. The Labute approximate surface area is 126 Å². The first-order valence-electron chi connectivity index (χ1n) is 7.28. The molecule has 3 nitrogen and oxygen atoms in total. The lowest BCUT2D eigenvalue weighted by atomic mass is 10.1. The highest BCUT2D eigenvalue weighted by molar-refractivity contribution is 6.31. The van der Waals surface area contributed by atoms with Gasteiger partial charge in [-0.25, -0.2) is 0 Å². The molecule has 0 bridgehead atoms. The van der Waals surface area contributed by atoms with E-state index in [2.05, 4.69) is 11.8 Å². The van der Waals surface area contributed by atoms with Crippen LogP contribution in [0.1, 0.15) is 44.6 Å². The molecule has 0 heterocycles. The van der Waals surface area contributed by atoms with E-state index in [-0.39, 0.29) is 6.42 Å². The summed E-state index contributed by atoms with van der Waals surface area (Å²) in [6, 6.07) is 5.81. The molecule has 0 aliphatic carbocycles. The summed E-state index contributed by atoms with van der Waals surface area (Å²) in [6.45, 7) is 5.58. The zero-order chi connectivity index (χ0) is 15.0. The molecule has 0 radical (unpaired) electrons. The van der Waals surface area contributed by atoms with Gasteiger partial charge in [0, 0.05) is 23.8 Å². The fraction of sp³-hybridized carbons (Fsp3) is 0.562. The molecule has 4 heteroatoms. The second-order valence-electron chi connectivity index (χ2n) is 5.08. The van der Waals surface area contributed by atoms with Crippen LogP contribution in [0.4, 0.5) is 5.69 Å². The molecule has 1 N–H and O–H groups in total. The number of rotatable bonds is 9. The van der Waals surface area contributed by atoms with Crippen molar-refractivity contribution in [3.05, 3.63) is 28.8 Å². The van der Waals surface area contributed by atoms with Crippen molar-refractivity contribution in [1.29, 1.82) is 0 Å². The summed E-state index contributed by atoms with van der Waals surface area (Å²) >= 11 is 6.16. The molecular formula is C16H24ClNO2. The monoisotopic (exact) mass is 297 g/mol. The van der Waals surface area contributed by atoms with Crippen LogP contribution < -0.4 is 4.90 Å². The zero-order valence-electron chi connectivity index (χ0n) is 12.4. The SMILES string of the molecule is CCCCCCN(CCC(=O)O)c1cccc(Cl)c1C. The minimum atomic E-state index is -0.761. The van der Waals surface area contributed by atoms with Crippen LogP contribution >= 0.6 is 11.6 Å². The number of hydrogen-bond donors (Lipinski definition) is 1. The third-order valence-corrected chi connectivity index (χ3v) is 3.87. The molecule has 0 saturated heterocycles. The maximum absolute atomic E-state index is 10.8. The van der Waals surface area contributed by atoms with Crippen LogP contribution in [0, 0.1) is 6.92 Å². The van der Waals surface area contributed by atoms with Crippen LogP contribution in [0.25, 0.3) is 0 Å². The number of nitrogens with zero attached hydrogens (tertiary/aromatic N) is 1.